The molecule has 4 aromatic rings. The van der Waals surface area contributed by atoms with Crippen molar-refractivity contribution in [3.63, 3.8) is 0 Å². The van der Waals surface area contributed by atoms with Crippen LogP contribution < -0.4 is 5.32 Å². The SMILES string of the molecule is Cc1cccc(C(=O)N[C@@H](Cc2ccccc2)c2nc3ccccc3n2C)c1. The first-order chi connectivity index (χ1) is 13.6. The number of benzene rings is 3. The highest BCUT2D eigenvalue weighted by molar-refractivity contribution is 5.94. The van der Waals surface area contributed by atoms with Gasteiger partial charge in [0, 0.05) is 12.6 Å². The number of amides is 1. The van der Waals surface area contributed by atoms with Crippen LogP contribution in [0.4, 0.5) is 0 Å². The van der Waals surface area contributed by atoms with E-state index in [-0.39, 0.29) is 11.9 Å². The van der Waals surface area contributed by atoms with E-state index < -0.39 is 0 Å². The Labute approximate surface area is 164 Å². The number of aryl methyl sites for hydroxylation is 2. The van der Waals surface area contributed by atoms with E-state index in [0.29, 0.717) is 12.0 Å². The number of carbonyl (C=O) groups excluding carboxylic acids is 1. The zero-order chi connectivity index (χ0) is 19.5. The molecular weight excluding hydrogens is 346 g/mol. The molecule has 4 rings (SSSR count). The smallest absolute Gasteiger partial charge is 0.251 e. The van der Waals surface area contributed by atoms with Crippen molar-refractivity contribution in [3.8, 4) is 0 Å². The fourth-order valence-electron chi connectivity index (χ4n) is 3.56. The number of nitrogens with zero attached hydrogens (tertiary/aromatic N) is 2. The van der Waals surface area contributed by atoms with E-state index in [0.717, 1.165) is 28.0 Å². The Hall–Kier alpha value is -3.40. The molecule has 4 heteroatoms. The molecule has 0 unspecified atom stereocenters. The number of para-hydroxylation sites is 2. The standard InChI is InChI=1S/C24H23N3O/c1-17-9-8-12-19(15-17)24(28)26-21(16-18-10-4-3-5-11-18)23-25-20-13-6-7-14-22(20)27(23)2/h3-15,21H,16H2,1-2H3,(H,26,28)/t21-/m0/s1. The molecule has 0 radical (unpaired) electrons. The van der Waals surface area contributed by atoms with E-state index in [9.17, 15) is 4.79 Å². The minimum absolute atomic E-state index is 0.0864. The van der Waals surface area contributed by atoms with Gasteiger partial charge in [0.2, 0.25) is 0 Å². The summed E-state index contributed by atoms with van der Waals surface area (Å²) in [5, 5.41) is 3.20. The van der Waals surface area contributed by atoms with Crippen LogP contribution in [0.1, 0.15) is 33.4 Å². The van der Waals surface area contributed by atoms with Crippen molar-refractivity contribution in [1.82, 2.24) is 14.9 Å². The van der Waals surface area contributed by atoms with Gasteiger partial charge in [0.05, 0.1) is 17.1 Å². The number of fused-ring (bicyclic) bond motifs is 1. The van der Waals surface area contributed by atoms with Gasteiger partial charge in [-0.1, -0.05) is 60.2 Å². The van der Waals surface area contributed by atoms with Gasteiger partial charge in [-0.15, -0.1) is 0 Å². The molecule has 1 atom stereocenters. The zero-order valence-corrected chi connectivity index (χ0v) is 16.1. The lowest BCUT2D eigenvalue weighted by Crippen LogP contribution is -2.31. The summed E-state index contributed by atoms with van der Waals surface area (Å²) < 4.78 is 2.07. The largest absolute Gasteiger partial charge is 0.342 e. The van der Waals surface area contributed by atoms with Crippen molar-refractivity contribution in [3.05, 3.63) is 101 Å². The molecule has 1 heterocycles. The predicted molar refractivity (Wildman–Crippen MR) is 112 cm³/mol. The lowest BCUT2D eigenvalue weighted by atomic mass is 10.0. The van der Waals surface area contributed by atoms with E-state index in [1.807, 2.05) is 80.7 Å². The average Bonchev–Trinajstić information content (AvgIpc) is 3.05. The Morgan fingerprint density at radius 1 is 1.00 bits per heavy atom. The number of imidazole rings is 1. The first-order valence-corrected chi connectivity index (χ1v) is 9.44. The topological polar surface area (TPSA) is 46.9 Å². The predicted octanol–water partition coefficient (Wildman–Crippen LogP) is 4.60. The van der Waals surface area contributed by atoms with E-state index in [2.05, 4.69) is 22.0 Å². The van der Waals surface area contributed by atoms with Crippen LogP contribution in [0.25, 0.3) is 11.0 Å². The van der Waals surface area contributed by atoms with Gasteiger partial charge >= 0.3 is 0 Å². The summed E-state index contributed by atoms with van der Waals surface area (Å²) >= 11 is 0. The molecule has 0 saturated heterocycles. The average molecular weight is 369 g/mol. The van der Waals surface area contributed by atoms with Gasteiger partial charge in [0.15, 0.2) is 0 Å². The van der Waals surface area contributed by atoms with Gasteiger partial charge in [-0.25, -0.2) is 4.98 Å². The summed E-state index contributed by atoms with van der Waals surface area (Å²) in [7, 11) is 2.00. The van der Waals surface area contributed by atoms with Crippen LogP contribution in [-0.4, -0.2) is 15.5 Å². The molecule has 0 bridgehead atoms. The third-order valence-corrected chi connectivity index (χ3v) is 5.00. The highest BCUT2D eigenvalue weighted by atomic mass is 16.1. The molecule has 0 spiro atoms. The lowest BCUT2D eigenvalue weighted by Gasteiger charge is -2.19. The molecule has 140 valence electrons. The number of aromatic nitrogens is 2. The van der Waals surface area contributed by atoms with E-state index in [1.54, 1.807) is 0 Å². The summed E-state index contributed by atoms with van der Waals surface area (Å²) in [6.45, 7) is 1.99. The monoisotopic (exact) mass is 369 g/mol. The van der Waals surface area contributed by atoms with Crippen LogP contribution in [-0.2, 0) is 13.5 Å². The maximum Gasteiger partial charge on any atom is 0.251 e. The number of hydrogen-bond donors (Lipinski definition) is 1. The van der Waals surface area contributed by atoms with Crippen molar-refractivity contribution in [2.75, 3.05) is 0 Å². The second-order valence-electron chi connectivity index (χ2n) is 7.10. The van der Waals surface area contributed by atoms with Crippen molar-refractivity contribution < 1.29 is 4.79 Å². The van der Waals surface area contributed by atoms with Gasteiger partial charge in [-0.2, -0.15) is 0 Å². The highest BCUT2D eigenvalue weighted by Crippen LogP contribution is 2.23. The molecular formula is C24H23N3O. The Morgan fingerprint density at radius 3 is 2.50 bits per heavy atom. The van der Waals surface area contributed by atoms with Crippen LogP contribution in [0.5, 0.6) is 0 Å². The molecule has 0 fully saturated rings. The first kappa shape index (κ1) is 18.0. The van der Waals surface area contributed by atoms with Gasteiger partial charge in [0.25, 0.3) is 5.91 Å². The molecule has 28 heavy (non-hydrogen) atoms. The molecule has 0 aliphatic heterocycles. The van der Waals surface area contributed by atoms with Gasteiger partial charge in [-0.3, -0.25) is 4.79 Å². The Bertz CT molecular complexity index is 1120. The molecule has 3 aromatic carbocycles. The quantitative estimate of drug-likeness (QED) is 0.559. The third-order valence-electron chi connectivity index (χ3n) is 5.00. The summed E-state index contributed by atoms with van der Waals surface area (Å²) in [5.74, 6) is 0.766. The minimum Gasteiger partial charge on any atom is -0.342 e. The fourth-order valence-corrected chi connectivity index (χ4v) is 3.56. The van der Waals surface area contributed by atoms with Crippen LogP contribution in [0.2, 0.25) is 0 Å². The van der Waals surface area contributed by atoms with Crippen LogP contribution in [0.3, 0.4) is 0 Å². The molecule has 1 amide bonds. The Kier molecular flexibility index (Phi) is 4.94. The number of hydrogen-bond acceptors (Lipinski definition) is 2. The second-order valence-corrected chi connectivity index (χ2v) is 7.10. The zero-order valence-electron chi connectivity index (χ0n) is 16.1. The van der Waals surface area contributed by atoms with Gasteiger partial charge < -0.3 is 9.88 Å². The third kappa shape index (κ3) is 3.67. The summed E-state index contributed by atoms with van der Waals surface area (Å²) in [4.78, 5) is 17.8. The molecule has 0 saturated carbocycles. The summed E-state index contributed by atoms with van der Waals surface area (Å²) in [5.41, 5.74) is 4.87. The second kappa shape index (κ2) is 7.69. The van der Waals surface area contributed by atoms with Crippen molar-refractivity contribution in [2.24, 2.45) is 7.05 Å². The summed E-state index contributed by atoms with van der Waals surface area (Å²) in [6, 6.07) is 25.6. The van der Waals surface area contributed by atoms with E-state index in [1.165, 1.54) is 0 Å². The lowest BCUT2D eigenvalue weighted by molar-refractivity contribution is 0.0934. The minimum atomic E-state index is -0.229. The number of rotatable bonds is 5. The first-order valence-electron chi connectivity index (χ1n) is 9.44. The van der Waals surface area contributed by atoms with Crippen LogP contribution in [0, 0.1) is 6.92 Å². The highest BCUT2D eigenvalue weighted by Gasteiger charge is 2.22. The number of carbonyl (C=O) groups is 1. The fraction of sp³-hybridized carbons (Fsp3) is 0.167. The molecule has 0 aliphatic carbocycles. The van der Waals surface area contributed by atoms with Crippen molar-refractivity contribution in [2.45, 2.75) is 19.4 Å². The normalized spacial score (nSPS) is 12.1. The van der Waals surface area contributed by atoms with Crippen molar-refractivity contribution >= 4 is 16.9 Å². The van der Waals surface area contributed by atoms with Crippen LogP contribution >= 0.6 is 0 Å². The van der Waals surface area contributed by atoms with Crippen LogP contribution in [0.15, 0.2) is 78.9 Å². The van der Waals surface area contributed by atoms with Crippen molar-refractivity contribution in [1.29, 1.82) is 0 Å². The maximum absolute atomic E-state index is 12.9. The number of nitrogens with one attached hydrogen (secondary N) is 1. The molecule has 1 N–H and O–H groups in total. The van der Waals surface area contributed by atoms with Gasteiger partial charge in [0.1, 0.15) is 5.82 Å². The Morgan fingerprint density at radius 2 is 1.75 bits per heavy atom. The van der Waals surface area contributed by atoms with E-state index in [4.69, 9.17) is 4.98 Å². The van der Waals surface area contributed by atoms with E-state index >= 15 is 0 Å². The van der Waals surface area contributed by atoms with Gasteiger partial charge in [-0.05, 0) is 43.2 Å². The molecule has 1 aromatic heterocycles. The molecule has 4 nitrogen and oxygen atoms in total. The molecule has 0 aliphatic rings. The summed E-state index contributed by atoms with van der Waals surface area (Å²) in [6.07, 6.45) is 0.676. The maximum atomic E-state index is 12.9. The Balaban J connectivity index is 1.71.